The van der Waals surface area contributed by atoms with E-state index in [1.165, 1.54) is 16.2 Å². The van der Waals surface area contributed by atoms with Crippen LogP contribution >= 0.6 is 24.0 Å². The van der Waals surface area contributed by atoms with Gasteiger partial charge in [-0.2, -0.15) is 0 Å². The van der Waals surface area contributed by atoms with Crippen molar-refractivity contribution < 1.29 is 9.53 Å². The molecule has 0 unspecified atom stereocenters. The molecular formula is C25H24N4O3S2. The smallest absolute Gasteiger partial charge is 0.267 e. The fourth-order valence-corrected chi connectivity index (χ4v) is 5.61. The number of pyridine rings is 1. The zero-order valence-electron chi connectivity index (χ0n) is 18.6. The van der Waals surface area contributed by atoms with Crippen LogP contribution in [0.2, 0.25) is 0 Å². The molecule has 2 aliphatic heterocycles. The third-order valence-electron chi connectivity index (χ3n) is 6.06. The molecular weight excluding hydrogens is 468 g/mol. The van der Waals surface area contributed by atoms with E-state index < -0.39 is 0 Å². The monoisotopic (exact) mass is 492 g/mol. The third-order valence-corrected chi connectivity index (χ3v) is 7.39. The average molecular weight is 493 g/mol. The molecule has 1 N–H and O–H groups in total. The minimum atomic E-state index is -0.248. The Bertz CT molecular complexity index is 1330. The van der Waals surface area contributed by atoms with Gasteiger partial charge in [0.25, 0.3) is 11.5 Å². The summed E-state index contributed by atoms with van der Waals surface area (Å²) in [7, 11) is 0. The van der Waals surface area contributed by atoms with Gasteiger partial charge in [0.1, 0.15) is 15.8 Å². The highest BCUT2D eigenvalue weighted by Gasteiger charge is 2.36. The number of amides is 1. The van der Waals surface area contributed by atoms with E-state index in [4.69, 9.17) is 17.0 Å². The van der Waals surface area contributed by atoms with Crippen molar-refractivity contribution in [2.75, 3.05) is 18.5 Å². The van der Waals surface area contributed by atoms with Crippen LogP contribution in [0.1, 0.15) is 36.9 Å². The first-order chi connectivity index (χ1) is 16.5. The number of fused-ring (bicyclic) bond motifs is 1. The number of aromatic nitrogens is 2. The Hall–Kier alpha value is -3.01. The molecule has 0 spiro atoms. The van der Waals surface area contributed by atoms with Gasteiger partial charge < -0.3 is 10.1 Å². The molecule has 2 aromatic heterocycles. The van der Waals surface area contributed by atoms with Gasteiger partial charge in [-0.05, 0) is 43.5 Å². The van der Waals surface area contributed by atoms with Gasteiger partial charge in [-0.1, -0.05) is 60.4 Å². The lowest BCUT2D eigenvalue weighted by molar-refractivity contribution is -0.123. The van der Waals surface area contributed by atoms with Crippen LogP contribution in [0.25, 0.3) is 11.7 Å². The van der Waals surface area contributed by atoms with E-state index in [9.17, 15) is 9.59 Å². The molecule has 4 heterocycles. The minimum Gasteiger partial charge on any atom is -0.376 e. The third kappa shape index (κ3) is 4.38. The maximum absolute atomic E-state index is 13.4. The standard InChI is InChI=1S/C25H24N4O3S2/c1-16(17-8-3-2-4-9-17)29-24(31)20(34-25(29)33)14-19-22(26-15-18-10-7-13-32-18)27-21-11-5-6-12-28(21)23(19)30/h2-6,8-9,11-12,14,16,18,26H,7,10,13,15H2,1H3/b20-14-/t16-,18+/m0/s1. The highest BCUT2D eigenvalue weighted by atomic mass is 32.2. The molecule has 0 bridgehead atoms. The van der Waals surface area contributed by atoms with Crippen LogP contribution in [0.3, 0.4) is 0 Å². The number of rotatable bonds is 6. The summed E-state index contributed by atoms with van der Waals surface area (Å²) < 4.78 is 7.66. The van der Waals surface area contributed by atoms with Gasteiger partial charge in [0.2, 0.25) is 0 Å². The van der Waals surface area contributed by atoms with E-state index in [1.807, 2.05) is 43.3 Å². The number of thioether (sulfide) groups is 1. The van der Waals surface area contributed by atoms with E-state index >= 15 is 0 Å². The Morgan fingerprint density at radius 2 is 2.03 bits per heavy atom. The van der Waals surface area contributed by atoms with Crippen molar-refractivity contribution in [3.8, 4) is 0 Å². The van der Waals surface area contributed by atoms with Crippen LogP contribution in [0.15, 0.2) is 64.4 Å². The second-order valence-electron chi connectivity index (χ2n) is 8.26. The van der Waals surface area contributed by atoms with Crippen LogP contribution in [0.5, 0.6) is 0 Å². The molecule has 174 valence electrons. The number of nitrogens with zero attached hydrogens (tertiary/aromatic N) is 3. The van der Waals surface area contributed by atoms with Crippen molar-refractivity contribution in [2.24, 2.45) is 0 Å². The van der Waals surface area contributed by atoms with Crippen LogP contribution in [0.4, 0.5) is 5.82 Å². The predicted octanol–water partition coefficient (Wildman–Crippen LogP) is 4.25. The van der Waals surface area contributed by atoms with Gasteiger partial charge >= 0.3 is 0 Å². The van der Waals surface area contributed by atoms with Crippen molar-refractivity contribution in [1.82, 2.24) is 14.3 Å². The zero-order valence-corrected chi connectivity index (χ0v) is 20.3. The van der Waals surface area contributed by atoms with Crippen LogP contribution in [0, 0.1) is 0 Å². The van der Waals surface area contributed by atoms with Crippen molar-refractivity contribution in [1.29, 1.82) is 0 Å². The van der Waals surface area contributed by atoms with E-state index in [0.29, 0.717) is 32.8 Å². The lowest BCUT2D eigenvalue weighted by atomic mass is 10.1. The topological polar surface area (TPSA) is 75.9 Å². The summed E-state index contributed by atoms with van der Waals surface area (Å²) in [5.41, 5.74) is 1.60. The van der Waals surface area contributed by atoms with Crippen LogP contribution in [-0.4, -0.2) is 43.8 Å². The van der Waals surface area contributed by atoms with E-state index in [1.54, 1.807) is 29.3 Å². The van der Waals surface area contributed by atoms with E-state index in [0.717, 1.165) is 25.0 Å². The molecule has 0 aliphatic carbocycles. The summed E-state index contributed by atoms with van der Waals surface area (Å²) in [6, 6.07) is 14.9. The highest BCUT2D eigenvalue weighted by molar-refractivity contribution is 8.26. The van der Waals surface area contributed by atoms with Crippen LogP contribution < -0.4 is 10.9 Å². The summed E-state index contributed by atoms with van der Waals surface area (Å²) in [4.78, 5) is 33.4. The molecule has 2 aliphatic rings. The number of ether oxygens (including phenoxy) is 1. The van der Waals surface area contributed by atoms with Crippen molar-refractivity contribution in [3.63, 3.8) is 0 Å². The summed E-state index contributed by atoms with van der Waals surface area (Å²) >= 11 is 6.76. The Labute approximate surface area is 206 Å². The quantitative estimate of drug-likeness (QED) is 0.407. The number of hydrogen-bond donors (Lipinski definition) is 1. The fraction of sp³-hybridized carbons (Fsp3) is 0.280. The number of thiocarbonyl (C=S) groups is 1. The molecule has 7 nitrogen and oxygen atoms in total. The van der Waals surface area contributed by atoms with E-state index in [2.05, 4.69) is 10.3 Å². The normalized spacial score (nSPS) is 20.4. The Morgan fingerprint density at radius 3 is 2.79 bits per heavy atom. The SMILES string of the molecule is C[C@@H](c1ccccc1)N1C(=O)/C(=C/c2c(NC[C@H]3CCCO3)nc3ccccn3c2=O)SC1=S. The second-order valence-corrected chi connectivity index (χ2v) is 9.94. The maximum Gasteiger partial charge on any atom is 0.267 e. The first-order valence-corrected chi connectivity index (χ1v) is 12.4. The summed E-state index contributed by atoms with van der Waals surface area (Å²) in [5, 5.41) is 3.29. The highest BCUT2D eigenvalue weighted by Crippen LogP contribution is 2.38. The summed E-state index contributed by atoms with van der Waals surface area (Å²) in [6.07, 6.45) is 5.35. The van der Waals surface area contributed by atoms with Crippen molar-refractivity contribution >= 4 is 51.7 Å². The molecule has 3 aromatic rings. The number of benzene rings is 1. The Kier molecular flexibility index (Phi) is 6.49. The molecule has 1 amide bonds. The average Bonchev–Trinajstić information content (AvgIpc) is 3.47. The van der Waals surface area contributed by atoms with Gasteiger partial charge in [-0.15, -0.1) is 0 Å². The predicted molar refractivity (Wildman–Crippen MR) is 139 cm³/mol. The van der Waals surface area contributed by atoms with Gasteiger partial charge in [0.15, 0.2) is 0 Å². The molecule has 0 radical (unpaired) electrons. The number of anilines is 1. The largest absolute Gasteiger partial charge is 0.376 e. The maximum atomic E-state index is 13.4. The molecule has 2 saturated heterocycles. The first-order valence-electron chi connectivity index (χ1n) is 11.2. The molecule has 2 atom stereocenters. The van der Waals surface area contributed by atoms with E-state index in [-0.39, 0.29) is 23.6 Å². The summed E-state index contributed by atoms with van der Waals surface area (Å²) in [6.45, 7) is 3.24. The van der Waals surface area contributed by atoms with Gasteiger partial charge in [-0.25, -0.2) is 4.98 Å². The Balaban J connectivity index is 1.51. The second kappa shape index (κ2) is 9.69. The van der Waals surface area contributed by atoms with Gasteiger partial charge in [-0.3, -0.25) is 18.9 Å². The number of carbonyl (C=O) groups excluding carboxylic acids is 1. The van der Waals surface area contributed by atoms with Crippen molar-refractivity contribution in [2.45, 2.75) is 31.9 Å². The fourth-order valence-electron chi connectivity index (χ4n) is 4.21. The molecule has 0 saturated carbocycles. The lowest BCUT2D eigenvalue weighted by Crippen LogP contribution is -2.31. The summed E-state index contributed by atoms with van der Waals surface area (Å²) in [5.74, 6) is 0.224. The lowest BCUT2D eigenvalue weighted by Gasteiger charge is -2.23. The molecule has 9 heteroatoms. The number of nitrogens with one attached hydrogen (secondary N) is 1. The number of hydrogen-bond acceptors (Lipinski definition) is 7. The van der Waals surface area contributed by atoms with Gasteiger partial charge in [0, 0.05) is 19.3 Å². The van der Waals surface area contributed by atoms with Crippen molar-refractivity contribution in [3.05, 3.63) is 81.1 Å². The molecule has 5 rings (SSSR count). The van der Waals surface area contributed by atoms with Crippen LogP contribution in [-0.2, 0) is 9.53 Å². The minimum absolute atomic E-state index is 0.0776. The first kappa shape index (κ1) is 22.8. The zero-order chi connectivity index (χ0) is 23.7. The Morgan fingerprint density at radius 1 is 1.24 bits per heavy atom. The molecule has 2 fully saturated rings. The van der Waals surface area contributed by atoms with Gasteiger partial charge in [0.05, 0.1) is 22.6 Å². The number of carbonyl (C=O) groups is 1. The molecule has 1 aromatic carbocycles. The molecule has 34 heavy (non-hydrogen) atoms.